The Bertz CT molecular complexity index is 1340. The van der Waals surface area contributed by atoms with E-state index in [1.54, 1.807) is 49.4 Å². The normalized spacial score (nSPS) is 16.4. The molecular weight excluding hydrogens is 436 g/mol. The molecule has 1 aliphatic heterocycles. The Balaban J connectivity index is 1.55. The number of hydrogen-bond donors (Lipinski definition) is 1. The number of carbonyl (C=O) groups is 2. The first-order chi connectivity index (χ1) is 15.3. The van der Waals surface area contributed by atoms with Crippen LogP contribution in [0.5, 0.6) is 0 Å². The topological polar surface area (TPSA) is 124 Å². The summed E-state index contributed by atoms with van der Waals surface area (Å²) in [5.41, 5.74) is 1.24. The minimum absolute atomic E-state index is 0.0303. The van der Waals surface area contributed by atoms with E-state index in [0.717, 1.165) is 0 Å². The minimum atomic E-state index is -3.72. The number of aliphatic imine (C=N–C) groups is 1. The first-order valence-corrected chi connectivity index (χ1v) is 11.3. The van der Waals surface area contributed by atoms with Gasteiger partial charge in [-0.05, 0) is 32.0 Å². The molecule has 1 atom stereocenters. The van der Waals surface area contributed by atoms with E-state index in [2.05, 4.69) is 9.71 Å². The van der Waals surface area contributed by atoms with Gasteiger partial charge in [-0.25, -0.2) is 18.0 Å². The number of benzene rings is 2. The summed E-state index contributed by atoms with van der Waals surface area (Å²) >= 11 is 0. The summed E-state index contributed by atoms with van der Waals surface area (Å²) in [7, 11) is -3.72. The average molecular weight is 456 g/mol. The van der Waals surface area contributed by atoms with E-state index < -0.39 is 28.0 Å². The monoisotopic (exact) mass is 456 g/mol. The maximum Gasteiger partial charge on any atom is 0.374 e. The van der Waals surface area contributed by atoms with E-state index in [1.165, 1.54) is 13.0 Å². The van der Waals surface area contributed by atoms with Crippen LogP contribution in [0.3, 0.4) is 0 Å². The van der Waals surface area contributed by atoms with Gasteiger partial charge in [0.05, 0.1) is 17.1 Å². The zero-order valence-corrected chi connectivity index (χ0v) is 18.1. The Morgan fingerprint density at radius 3 is 2.59 bits per heavy atom. The number of fused-ring (bicyclic) bond motifs is 2. The Morgan fingerprint density at radius 1 is 1.09 bits per heavy atom. The van der Waals surface area contributed by atoms with Crippen LogP contribution in [0.25, 0.3) is 11.0 Å². The maximum atomic E-state index is 12.6. The standard InChI is InChI=1S/C22H20N2O7S/c1-3-29-22(26)19-16(14-8-4-6-10-17(14)31-19)12-30-21(25)13(2)23-20-15-9-5-7-11-18(15)32(27,28)24-20/h4-11,13H,3,12H2,1-2H3,(H,23,24). The molecule has 3 aromatic rings. The summed E-state index contributed by atoms with van der Waals surface area (Å²) in [6.45, 7) is 3.10. The van der Waals surface area contributed by atoms with E-state index in [9.17, 15) is 18.0 Å². The van der Waals surface area contributed by atoms with E-state index in [4.69, 9.17) is 13.9 Å². The molecule has 0 amide bonds. The molecule has 32 heavy (non-hydrogen) atoms. The third-order valence-electron chi connectivity index (χ3n) is 4.84. The third kappa shape index (κ3) is 3.96. The number of rotatable bonds is 6. The highest BCUT2D eigenvalue weighted by Gasteiger charge is 2.31. The molecule has 0 spiro atoms. The Morgan fingerprint density at radius 2 is 1.81 bits per heavy atom. The number of furan rings is 1. The molecule has 0 fully saturated rings. The first-order valence-electron chi connectivity index (χ1n) is 9.86. The first kappa shape index (κ1) is 21.6. The van der Waals surface area contributed by atoms with Gasteiger partial charge in [-0.2, -0.15) is 0 Å². The SMILES string of the molecule is CCOC(=O)c1oc2ccccc2c1COC(=O)C(C)N=C1NS(=O)(=O)c2ccccc21. The van der Waals surface area contributed by atoms with Crippen molar-refractivity contribution in [1.82, 2.24) is 4.72 Å². The van der Waals surface area contributed by atoms with Crippen LogP contribution in [0.15, 0.2) is 62.8 Å². The number of carbonyl (C=O) groups excluding carboxylic acids is 2. The molecule has 166 valence electrons. The average Bonchev–Trinajstić information content (AvgIpc) is 3.27. The van der Waals surface area contributed by atoms with E-state index >= 15 is 0 Å². The summed E-state index contributed by atoms with van der Waals surface area (Å²) < 4.78 is 42.8. The fraction of sp³-hybridized carbons (Fsp3) is 0.227. The van der Waals surface area contributed by atoms with Crippen LogP contribution >= 0.6 is 0 Å². The fourth-order valence-electron chi connectivity index (χ4n) is 3.34. The predicted octanol–water partition coefficient (Wildman–Crippen LogP) is 2.78. The number of para-hydroxylation sites is 1. The molecule has 0 radical (unpaired) electrons. The van der Waals surface area contributed by atoms with E-state index in [1.807, 2.05) is 0 Å². The van der Waals surface area contributed by atoms with Crippen molar-refractivity contribution in [3.05, 3.63) is 65.4 Å². The molecule has 2 aromatic carbocycles. The van der Waals surface area contributed by atoms with Gasteiger partial charge in [0.1, 0.15) is 24.1 Å². The third-order valence-corrected chi connectivity index (χ3v) is 6.24. The van der Waals surface area contributed by atoms with Gasteiger partial charge in [-0.15, -0.1) is 0 Å². The highest BCUT2D eigenvalue weighted by atomic mass is 32.2. The number of esters is 2. The number of amidine groups is 1. The molecule has 0 bridgehead atoms. The van der Waals surface area contributed by atoms with Gasteiger partial charge < -0.3 is 13.9 Å². The summed E-state index contributed by atoms with van der Waals surface area (Å²) in [5, 5.41) is 0.625. The molecule has 1 N–H and O–H groups in total. The zero-order chi connectivity index (χ0) is 22.9. The lowest BCUT2D eigenvalue weighted by molar-refractivity contribution is -0.146. The molecule has 1 unspecified atom stereocenters. The van der Waals surface area contributed by atoms with Gasteiger partial charge in [-0.1, -0.05) is 30.3 Å². The number of ether oxygens (including phenoxy) is 2. The van der Waals surface area contributed by atoms with Crippen molar-refractivity contribution in [2.45, 2.75) is 31.4 Å². The van der Waals surface area contributed by atoms with Crippen molar-refractivity contribution in [2.75, 3.05) is 6.61 Å². The Kier molecular flexibility index (Phi) is 5.70. The van der Waals surface area contributed by atoms with Crippen molar-refractivity contribution < 1.29 is 31.9 Å². The van der Waals surface area contributed by atoms with Gasteiger partial charge >= 0.3 is 11.9 Å². The van der Waals surface area contributed by atoms with Gasteiger partial charge in [-0.3, -0.25) is 9.71 Å². The van der Waals surface area contributed by atoms with Gasteiger partial charge in [0.15, 0.2) is 0 Å². The van der Waals surface area contributed by atoms with Crippen molar-refractivity contribution in [3.8, 4) is 0 Å². The van der Waals surface area contributed by atoms with Crippen LogP contribution in [0.4, 0.5) is 0 Å². The molecule has 0 aliphatic carbocycles. The van der Waals surface area contributed by atoms with Crippen LogP contribution in [0.1, 0.15) is 35.5 Å². The van der Waals surface area contributed by atoms with E-state index in [-0.39, 0.29) is 29.7 Å². The molecule has 2 heterocycles. The van der Waals surface area contributed by atoms with Crippen LogP contribution in [0, 0.1) is 0 Å². The van der Waals surface area contributed by atoms with Crippen molar-refractivity contribution in [1.29, 1.82) is 0 Å². The Labute approximate surface area is 184 Å². The van der Waals surface area contributed by atoms with Crippen LogP contribution in [-0.4, -0.2) is 38.8 Å². The van der Waals surface area contributed by atoms with Crippen LogP contribution in [-0.2, 0) is 30.9 Å². The second-order valence-electron chi connectivity index (χ2n) is 6.99. The number of hydrogen-bond acceptors (Lipinski definition) is 8. The smallest absolute Gasteiger partial charge is 0.374 e. The highest BCUT2D eigenvalue weighted by molar-refractivity contribution is 7.90. The summed E-state index contributed by atoms with van der Waals surface area (Å²) in [5.74, 6) is -1.30. The highest BCUT2D eigenvalue weighted by Crippen LogP contribution is 2.28. The quantitative estimate of drug-likeness (QED) is 0.566. The molecule has 0 saturated heterocycles. The molecule has 0 saturated carbocycles. The minimum Gasteiger partial charge on any atom is -0.460 e. The number of sulfonamides is 1. The maximum absolute atomic E-state index is 12.6. The molecule has 1 aromatic heterocycles. The second kappa shape index (κ2) is 8.46. The lowest BCUT2D eigenvalue weighted by Crippen LogP contribution is -2.26. The number of nitrogens with zero attached hydrogens (tertiary/aromatic N) is 1. The largest absolute Gasteiger partial charge is 0.460 e. The lowest BCUT2D eigenvalue weighted by Gasteiger charge is -2.09. The zero-order valence-electron chi connectivity index (χ0n) is 17.3. The van der Waals surface area contributed by atoms with Gasteiger partial charge in [0.25, 0.3) is 10.0 Å². The van der Waals surface area contributed by atoms with Gasteiger partial charge in [0, 0.05) is 10.9 Å². The molecule has 4 rings (SSSR count). The summed E-state index contributed by atoms with van der Waals surface area (Å²) in [4.78, 5) is 29.2. The van der Waals surface area contributed by atoms with Crippen molar-refractivity contribution in [2.24, 2.45) is 4.99 Å². The molecule has 9 nitrogen and oxygen atoms in total. The van der Waals surface area contributed by atoms with E-state index in [0.29, 0.717) is 22.1 Å². The summed E-state index contributed by atoms with van der Waals surface area (Å²) in [6.07, 6.45) is 0. The fourth-order valence-corrected chi connectivity index (χ4v) is 4.58. The molecule has 1 aliphatic rings. The van der Waals surface area contributed by atoms with Crippen LogP contribution < -0.4 is 4.72 Å². The van der Waals surface area contributed by atoms with Crippen LogP contribution in [0.2, 0.25) is 0 Å². The predicted molar refractivity (Wildman–Crippen MR) is 115 cm³/mol. The lowest BCUT2D eigenvalue weighted by atomic mass is 10.1. The summed E-state index contributed by atoms with van der Waals surface area (Å²) in [6, 6.07) is 12.3. The molecule has 10 heteroatoms. The molecular formula is C22H20N2O7S. The van der Waals surface area contributed by atoms with Crippen molar-refractivity contribution >= 4 is 38.8 Å². The number of nitrogens with one attached hydrogen (secondary N) is 1. The van der Waals surface area contributed by atoms with Crippen molar-refractivity contribution in [3.63, 3.8) is 0 Å². The second-order valence-corrected chi connectivity index (χ2v) is 8.64. The van der Waals surface area contributed by atoms with Gasteiger partial charge in [0.2, 0.25) is 5.76 Å². The Hall–Kier alpha value is -3.66.